The van der Waals surface area contributed by atoms with E-state index in [0.717, 1.165) is 13.0 Å². The van der Waals surface area contributed by atoms with Crippen LogP contribution in [-0.2, 0) is 8.85 Å². The zero-order valence-corrected chi connectivity index (χ0v) is 16.5. The van der Waals surface area contributed by atoms with Crippen molar-refractivity contribution in [1.29, 1.82) is 0 Å². The number of rotatable bonds is 8. The summed E-state index contributed by atoms with van der Waals surface area (Å²) in [5.74, 6) is 0.657. The van der Waals surface area contributed by atoms with Gasteiger partial charge in [0.05, 0.1) is 0 Å². The second kappa shape index (κ2) is 8.79. The molecule has 25 heavy (non-hydrogen) atoms. The summed E-state index contributed by atoms with van der Waals surface area (Å²) in [4.78, 5) is 0. The zero-order valence-electron chi connectivity index (χ0n) is 15.5. The lowest BCUT2D eigenvalue weighted by Crippen LogP contribution is -2.65. The Labute approximate surface area is 153 Å². The van der Waals surface area contributed by atoms with E-state index < -0.39 is 8.56 Å². The van der Waals surface area contributed by atoms with Gasteiger partial charge in [-0.05, 0) is 42.5 Å². The molecule has 1 saturated carbocycles. The summed E-state index contributed by atoms with van der Waals surface area (Å²) in [6.45, 7) is 5.14. The Morgan fingerprint density at radius 2 is 1.44 bits per heavy atom. The SMILES string of the molecule is CCCO[Si](OC(C)C1CCCC1)(c1ccccc1)c1ccccc1. The molecular weight excluding hydrogens is 324 g/mol. The molecule has 2 nitrogen and oxygen atoms in total. The second-order valence-electron chi connectivity index (χ2n) is 7.06. The molecule has 2 aromatic rings. The molecule has 1 aliphatic carbocycles. The third kappa shape index (κ3) is 4.22. The van der Waals surface area contributed by atoms with Crippen LogP contribution in [0.2, 0.25) is 0 Å². The van der Waals surface area contributed by atoms with Gasteiger partial charge in [-0.2, -0.15) is 0 Å². The van der Waals surface area contributed by atoms with Gasteiger partial charge < -0.3 is 8.85 Å². The maximum Gasteiger partial charge on any atom is 0.407 e. The summed E-state index contributed by atoms with van der Waals surface area (Å²) in [7, 11) is -2.70. The van der Waals surface area contributed by atoms with Crippen molar-refractivity contribution in [2.75, 3.05) is 6.61 Å². The van der Waals surface area contributed by atoms with Gasteiger partial charge in [0, 0.05) is 12.7 Å². The molecule has 0 N–H and O–H groups in total. The van der Waals surface area contributed by atoms with Gasteiger partial charge in [-0.3, -0.25) is 0 Å². The molecule has 0 aliphatic heterocycles. The first-order valence-electron chi connectivity index (χ1n) is 9.69. The second-order valence-corrected chi connectivity index (χ2v) is 9.98. The molecular formula is C22H30O2Si. The lowest BCUT2D eigenvalue weighted by atomic mass is 10.0. The summed E-state index contributed by atoms with van der Waals surface area (Å²) >= 11 is 0. The Morgan fingerprint density at radius 3 is 1.92 bits per heavy atom. The summed E-state index contributed by atoms with van der Waals surface area (Å²) in [5, 5.41) is 2.42. The summed E-state index contributed by atoms with van der Waals surface area (Å²) in [6.07, 6.45) is 6.45. The summed E-state index contributed by atoms with van der Waals surface area (Å²) in [5.41, 5.74) is 0. The molecule has 134 valence electrons. The molecule has 1 atom stereocenters. The van der Waals surface area contributed by atoms with Crippen LogP contribution in [0.3, 0.4) is 0 Å². The van der Waals surface area contributed by atoms with Gasteiger partial charge in [-0.1, -0.05) is 80.4 Å². The molecule has 0 heterocycles. The fourth-order valence-corrected chi connectivity index (χ4v) is 7.33. The average molecular weight is 355 g/mol. The Hall–Kier alpha value is -1.42. The zero-order chi connectivity index (χ0) is 17.5. The summed E-state index contributed by atoms with van der Waals surface area (Å²) < 4.78 is 13.5. The molecule has 0 spiro atoms. The molecule has 1 unspecified atom stereocenters. The van der Waals surface area contributed by atoms with Gasteiger partial charge >= 0.3 is 8.56 Å². The van der Waals surface area contributed by atoms with Gasteiger partial charge in [0.2, 0.25) is 0 Å². The third-order valence-corrected chi connectivity index (χ3v) is 8.73. The average Bonchev–Trinajstić information content (AvgIpc) is 3.21. The largest absolute Gasteiger partial charge is 0.407 e. The number of hydrogen-bond acceptors (Lipinski definition) is 2. The van der Waals surface area contributed by atoms with Gasteiger partial charge in [-0.25, -0.2) is 0 Å². The fourth-order valence-electron chi connectivity index (χ4n) is 3.85. The van der Waals surface area contributed by atoms with Crippen molar-refractivity contribution in [3.8, 4) is 0 Å². The van der Waals surface area contributed by atoms with Crippen molar-refractivity contribution in [3.05, 3.63) is 60.7 Å². The minimum absolute atomic E-state index is 0.228. The van der Waals surface area contributed by atoms with Crippen LogP contribution >= 0.6 is 0 Å². The van der Waals surface area contributed by atoms with E-state index >= 15 is 0 Å². The van der Waals surface area contributed by atoms with E-state index in [2.05, 4.69) is 74.5 Å². The van der Waals surface area contributed by atoms with E-state index in [1.54, 1.807) is 0 Å². The first kappa shape index (κ1) is 18.4. The van der Waals surface area contributed by atoms with Gasteiger partial charge in [0.15, 0.2) is 0 Å². The van der Waals surface area contributed by atoms with E-state index in [-0.39, 0.29) is 6.10 Å². The first-order valence-corrected chi connectivity index (χ1v) is 11.5. The summed E-state index contributed by atoms with van der Waals surface area (Å²) in [6, 6.07) is 21.2. The van der Waals surface area contributed by atoms with E-state index in [1.807, 2.05) is 0 Å². The monoisotopic (exact) mass is 354 g/mol. The van der Waals surface area contributed by atoms with Crippen LogP contribution in [0.25, 0.3) is 0 Å². The molecule has 1 aliphatic rings. The van der Waals surface area contributed by atoms with Crippen LogP contribution in [0.5, 0.6) is 0 Å². The van der Waals surface area contributed by atoms with Crippen molar-refractivity contribution < 1.29 is 8.85 Å². The lowest BCUT2D eigenvalue weighted by molar-refractivity contribution is 0.101. The minimum atomic E-state index is -2.70. The van der Waals surface area contributed by atoms with Crippen molar-refractivity contribution >= 4 is 18.9 Å². The number of benzene rings is 2. The van der Waals surface area contributed by atoms with Crippen LogP contribution in [0, 0.1) is 5.92 Å². The highest BCUT2D eigenvalue weighted by atomic mass is 28.4. The predicted octanol–water partition coefficient (Wildman–Crippen LogP) is 4.26. The molecule has 3 heteroatoms. The lowest BCUT2D eigenvalue weighted by Gasteiger charge is -2.36. The number of hydrogen-bond donors (Lipinski definition) is 0. The van der Waals surface area contributed by atoms with Crippen molar-refractivity contribution in [1.82, 2.24) is 0 Å². The highest BCUT2D eigenvalue weighted by molar-refractivity contribution is 6.92. The topological polar surface area (TPSA) is 18.5 Å². The van der Waals surface area contributed by atoms with Crippen LogP contribution in [-0.4, -0.2) is 21.3 Å². The van der Waals surface area contributed by atoms with E-state index in [0.29, 0.717) is 5.92 Å². The van der Waals surface area contributed by atoms with Crippen LogP contribution in [0.1, 0.15) is 46.0 Å². The van der Waals surface area contributed by atoms with Crippen LogP contribution in [0.15, 0.2) is 60.7 Å². The minimum Gasteiger partial charge on any atom is -0.388 e. The Kier molecular flexibility index (Phi) is 6.46. The molecule has 0 saturated heterocycles. The van der Waals surface area contributed by atoms with E-state index in [9.17, 15) is 0 Å². The Balaban J connectivity index is 2.00. The molecule has 0 radical (unpaired) electrons. The standard InChI is InChI=1S/C22H30O2Si/c1-3-18-23-25(21-14-6-4-7-15-21,22-16-8-5-9-17-22)24-19(2)20-12-10-11-13-20/h4-9,14-17,19-20H,3,10-13,18H2,1-2H3. The molecule has 0 aromatic heterocycles. The quantitative estimate of drug-likeness (QED) is 0.659. The maximum absolute atomic E-state index is 6.91. The molecule has 0 amide bonds. The Morgan fingerprint density at radius 1 is 0.920 bits per heavy atom. The fraction of sp³-hybridized carbons (Fsp3) is 0.455. The molecule has 2 aromatic carbocycles. The Bertz CT molecular complexity index is 583. The van der Waals surface area contributed by atoms with Gasteiger partial charge in [0.25, 0.3) is 0 Å². The smallest absolute Gasteiger partial charge is 0.388 e. The molecule has 0 bridgehead atoms. The highest BCUT2D eigenvalue weighted by Gasteiger charge is 2.45. The van der Waals surface area contributed by atoms with E-state index in [1.165, 1.54) is 36.1 Å². The maximum atomic E-state index is 6.91. The van der Waals surface area contributed by atoms with Crippen LogP contribution < -0.4 is 10.4 Å². The first-order chi connectivity index (χ1) is 12.3. The van der Waals surface area contributed by atoms with Crippen LogP contribution in [0.4, 0.5) is 0 Å². The van der Waals surface area contributed by atoms with Gasteiger partial charge in [-0.15, -0.1) is 0 Å². The highest BCUT2D eigenvalue weighted by Crippen LogP contribution is 2.30. The predicted molar refractivity (Wildman–Crippen MR) is 107 cm³/mol. The van der Waals surface area contributed by atoms with E-state index in [4.69, 9.17) is 8.85 Å². The van der Waals surface area contributed by atoms with Crippen molar-refractivity contribution in [2.45, 2.75) is 52.1 Å². The van der Waals surface area contributed by atoms with Gasteiger partial charge in [0.1, 0.15) is 0 Å². The van der Waals surface area contributed by atoms with Crippen molar-refractivity contribution in [3.63, 3.8) is 0 Å². The molecule has 3 rings (SSSR count). The third-order valence-electron chi connectivity index (χ3n) is 5.23. The van der Waals surface area contributed by atoms with Crippen molar-refractivity contribution in [2.24, 2.45) is 5.92 Å². The normalized spacial score (nSPS) is 16.9. The molecule has 1 fully saturated rings.